The summed E-state index contributed by atoms with van der Waals surface area (Å²) in [6.07, 6.45) is 17.2. The molecule has 2 aromatic heterocycles. The van der Waals surface area contributed by atoms with Crippen LogP contribution >= 0.6 is 31.9 Å². The number of nitrogens with zero attached hydrogens (tertiary/aromatic N) is 8. The molecule has 176 valence electrons. The number of hydrogen-bond acceptors (Lipinski definition) is 11. The molecule has 2 aromatic rings. The van der Waals surface area contributed by atoms with E-state index in [-0.39, 0.29) is 0 Å². The molecule has 11 nitrogen and oxygen atoms in total. The number of pyridine rings is 2. The topological polar surface area (TPSA) is 91.2 Å². The summed E-state index contributed by atoms with van der Waals surface area (Å²) in [5.41, 5.74) is 1.60. The van der Waals surface area contributed by atoms with Crippen molar-refractivity contribution in [3.8, 4) is 0 Å². The quantitative estimate of drug-likeness (QED) is 0.271. The smallest absolute Gasteiger partial charge is 0.178 e. The van der Waals surface area contributed by atoms with Crippen LogP contribution in [0.5, 0.6) is 0 Å². The highest BCUT2D eigenvalue weighted by Crippen LogP contribution is 2.35. The van der Waals surface area contributed by atoms with E-state index in [0.717, 1.165) is 20.3 Å². The number of aliphatic imine (C=N–C) groups is 2. The number of hydrazine groups is 2. The number of hydroxylamine groups is 2. The molecule has 0 amide bonds. The van der Waals surface area contributed by atoms with Crippen LogP contribution in [-0.2, 0) is 15.0 Å². The average molecular weight is 600 g/mol. The lowest BCUT2D eigenvalue weighted by atomic mass is 10.2. The van der Waals surface area contributed by atoms with Gasteiger partial charge in [0.25, 0.3) is 0 Å². The first kappa shape index (κ1) is 22.4. The van der Waals surface area contributed by atoms with Crippen molar-refractivity contribution in [2.45, 2.75) is 12.3 Å². The Balaban J connectivity index is 1.21. The van der Waals surface area contributed by atoms with Gasteiger partial charge in [0, 0.05) is 35.9 Å². The lowest BCUT2D eigenvalue weighted by Gasteiger charge is -2.30. The summed E-state index contributed by atoms with van der Waals surface area (Å²) in [5, 5.41) is 11.6. The van der Waals surface area contributed by atoms with Gasteiger partial charge in [0.15, 0.2) is 12.3 Å². The van der Waals surface area contributed by atoms with Crippen LogP contribution in [0.15, 0.2) is 105 Å². The third-order valence-corrected chi connectivity index (χ3v) is 6.24. The Morgan fingerprint density at radius 2 is 1.14 bits per heavy atom. The lowest BCUT2D eigenvalue weighted by molar-refractivity contribution is -0.662. The van der Waals surface area contributed by atoms with E-state index >= 15 is 0 Å². The maximum atomic E-state index is 5.63. The molecule has 0 spiro atoms. The summed E-state index contributed by atoms with van der Waals surface area (Å²) in [6.45, 7) is 0. The molecule has 35 heavy (non-hydrogen) atoms. The number of fused-ring (bicyclic) bond motifs is 2. The number of aromatic nitrogens is 2. The first-order valence-electron chi connectivity index (χ1n) is 10.4. The molecule has 6 heterocycles. The van der Waals surface area contributed by atoms with Crippen molar-refractivity contribution in [2.24, 2.45) is 9.98 Å². The standard InChI is InChI=1S/C22H16Br2N8O3/c23-17-9-7-15(13-25-17)21-27-19-5-1-3-11-29(19)31(21)33-35-34-32-22(16-8-10-18(24)26-14-16)28-20-6-2-4-12-30(20)32/h1-14,21-22H. The van der Waals surface area contributed by atoms with E-state index in [0.29, 0.717) is 11.7 Å². The van der Waals surface area contributed by atoms with Crippen LogP contribution in [-0.4, -0.2) is 42.0 Å². The van der Waals surface area contributed by atoms with Gasteiger partial charge in [0.1, 0.15) is 20.9 Å². The van der Waals surface area contributed by atoms with Crippen molar-refractivity contribution in [2.75, 3.05) is 0 Å². The Kier molecular flexibility index (Phi) is 6.12. The number of halogens is 2. The van der Waals surface area contributed by atoms with Crippen LogP contribution in [0.3, 0.4) is 0 Å². The Morgan fingerprint density at radius 3 is 1.57 bits per heavy atom. The Labute approximate surface area is 216 Å². The first-order chi connectivity index (χ1) is 17.2. The number of allylic oxidation sites excluding steroid dienone is 4. The summed E-state index contributed by atoms with van der Waals surface area (Å²) in [7, 11) is 0. The van der Waals surface area contributed by atoms with Gasteiger partial charge in [-0.15, -0.1) is 0 Å². The molecule has 0 aliphatic carbocycles. The largest absolute Gasteiger partial charge is 0.249 e. The van der Waals surface area contributed by atoms with Gasteiger partial charge in [0.05, 0.1) is 0 Å². The summed E-state index contributed by atoms with van der Waals surface area (Å²) >= 11 is 6.72. The monoisotopic (exact) mass is 598 g/mol. The maximum absolute atomic E-state index is 5.63. The Morgan fingerprint density at radius 1 is 0.657 bits per heavy atom. The summed E-state index contributed by atoms with van der Waals surface area (Å²) < 4.78 is 1.44. The normalized spacial score (nSPS) is 23.0. The van der Waals surface area contributed by atoms with Crippen LogP contribution in [0.1, 0.15) is 23.5 Å². The molecule has 4 aliphatic heterocycles. The maximum Gasteiger partial charge on any atom is 0.178 e. The number of amidine groups is 2. The molecule has 0 radical (unpaired) electrons. The summed E-state index contributed by atoms with van der Waals surface area (Å²) in [5.74, 6) is 1.36. The zero-order valence-corrected chi connectivity index (χ0v) is 21.0. The number of rotatable bonds is 6. The van der Waals surface area contributed by atoms with Gasteiger partial charge in [-0.1, -0.05) is 34.3 Å². The zero-order chi connectivity index (χ0) is 23.8. The van der Waals surface area contributed by atoms with Gasteiger partial charge in [-0.25, -0.2) is 30.0 Å². The van der Waals surface area contributed by atoms with E-state index in [4.69, 9.17) is 25.0 Å². The summed E-state index contributed by atoms with van der Waals surface area (Å²) in [6, 6.07) is 7.47. The van der Waals surface area contributed by atoms with Gasteiger partial charge >= 0.3 is 0 Å². The highest BCUT2D eigenvalue weighted by atomic mass is 79.9. The Hall–Kier alpha value is -3.04. The second-order valence-electron chi connectivity index (χ2n) is 7.46. The van der Waals surface area contributed by atoms with Crippen LogP contribution in [0.4, 0.5) is 0 Å². The molecule has 13 heteroatoms. The SMILES string of the molecule is Brc1ccc(C2N=C3C=CC=CN3N2OOON2C(c3ccc(Br)nc3)N=C3C=CC=CN32)cn1. The molecule has 0 saturated carbocycles. The van der Waals surface area contributed by atoms with Crippen LogP contribution in [0.25, 0.3) is 0 Å². The van der Waals surface area contributed by atoms with Crippen molar-refractivity contribution < 1.29 is 15.0 Å². The highest BCUT2D eigenvalue weighted by Gasteiger charge is 2.39. The van der Waals surface area contributed by atoms with Crippen molar-refractivity contribution in [1.29, 1.82) is 0 Å². The average Bonchev–Trinajstić information content (AvgIpc) is 3.44. The highest BCUT2D eigenvalue weighted by molar-refractivity contribution is 9.10. The van der Waals surface area contributed by atoms with E-state index in [1.165, 1.54) is 10.3 Å². The second-order valence-corrected chi connectivity index (χ2v) is 9.09. The van der Waals surface area contributed by atoms with Crippen molar-refractivity contribution in [1.82, 2.24) is 30.3 Å². The van der Waals surface area contributed by atoms with Gasteiger partial charge < -0.3 is 0 Å². The first-order valence-corrected chi connectivity index (χ1v) is 12.0. The molecule has 0 aromatic carbocycles. The van der Waals surface area contributed by atoms with Gasteiger partial charge in [0.2, 0.25) is 0 Å². The molecule has 2 unspecified atom stereocenters. The van der Waals surface area contributed by atoms with E-state index in [1.807, 2.05) is 60.7 Å². The van der Waals surface area contributed by atoms with Crippen molar-refractivity contribution in [3.63, 3.8) is 0 Å². The molecule has 6 rings (SSSR count). The second kappa shape index (κ2) is 9.54. The van der Waals surface area contributed by atoms with Crippen molar-refractivity contribution >= 4 is 43.5 Å². The zero-order valence-electron chi connectivity index (χ0n) is 17.8. The summed E-state index contributed by atoms with van der Waals surface area (Å²) in [4.78, 5) is 29.3. The van der Waals surface area contributed by atoms with E-state index in [2.05, 4.69) is 41.8 Å². The van der Waals surface area contributed by atoms with E-state index < -0.39 is 12.3 Å². The fraction of sp³-hybridized carbons (Fsp3) is 0.0909. The molecule has 4 aliphatic rings. The third kappa shape index (κ3) is 4.38. The molecular formula is C22H16Br2N8O3. The fourth-order valence-corrected chi connectivity index (χ4v) is 4.16. The van der Waals surface area contributed by atoms with Crippen LogP contribution in [0.2, 0.25) is 0 Å². The molecular weight excluding hydrogens is 584 g/mol. The molecule has 0 saturated heterocycles. The minimum absolute atomic E-state index is 0.545. The van der Waals surface area contributed by atoms with Crippen molar-refractivity contribution in [3.05, 3.63) is 106 Å². The number of hydrogen-bond donors (Lipinski definition) is 0. The Bertz CT molecular complexity index is 1190. The molecule has 0 fully saturated rings. The van der Waals surface area contributed by atoms with Crippen LogP contribution in [0, 0.1) is 0 Å². The predicted molar refractivity (Wildman–Crippen MR) is 131 cm³/mol. The fourth-order valence-electron chi connectivity index (χ4n) is 3.69. The lowest BCUT2D eigenvalue weighted by Crippen LogP contribution is -2.42. The third-order valence-electron chi connectivity index (χ3n) is 5.30. The minimum Gasteiger partial charge on any atom is -0.249 e. The predicted octanol–water partition coefficient (Wildman–Crippen LogP) is 4.44. The molecule has 2 atom stereocenters. The van der Waals surface area contributed by atoms with E-state index in [1.54, 1.807) is 34.8 Å². The molecule has 0 N–H and O–H groups in total. The molecule has 0 bridgehead atoms. The van der Waals surface area contributed by atoms with Gasteiger partial charge in [-0.05, 0) is 83.7 Å². The van der Waals surface area contributed by atoms with Gasteiger partial charge in [-0.3, -0.25) is 0 Å². The van der Waals surface area contributed by atoms with Crippen LogP contribution < -0.4 is 0 Å². The van der Waals surface area contributed by atoms with E-state index in [9.17, 15) is 0 Å². The minimum atomic E-state index is -0.545. The van der Waals surface area contributed by atoms with Gasteiger partial charge in [-0.2, -0.15) is 0 Å².